The van der Waals surface area contributed by atoms with Gasteiger partial charge in [0.1, 0.15) is 6.04 Å². The van der Waals surface area contributed by atoms with Crippen LogP contribution in [0.25, 0.3) is 0 Å². The van der Waals surface area contributed by atoms with Crippen LogP contribution in [0.2, 0.25) is 5.02 Å². The Bertz CT molecular complexity index is 451. The predicted molar refractivity (Wildman–Crippen MR) is 69.0 cm³/mol. The van der Waals surface area contributed by atoms with Gasteiger partial charge in [-0.1, -0.05) is 23.7 Å². The smallest absolute Gasteiger partial charge is 0.319 e. The molecular weight excluding hydrogens is 254 g/mol. The zero-order chi connectivity index (χ0) is 13.7. The summed E-state index contributed by atoms with van der Waals surface area (Å²) in [7, 11) is 0. The minimum Gasteiger partial charge on any atom is -0.351 e. The molecule has 0 bridgehead atoms. The third kappa shape index (κ3) is 4.35. The van der Waals surface area contributed by atoms with E-state index in [9.17, 15) is 9.59 Å². The van der Waals surface area contributed by atoms with Gasteiger partial charge in [-0.25, -0.2) is 4.79 Å². The average Bonchev–Trinajstić information content (AvgIpc) is 2.27. The lowest BCUT2D eigenvalue weighted by Gasteiger charge is -2.16. The van der Waals surface area contributed by atoms with Crippen molar-refractivity contribution in [3.05, 3.63) is 34.9 Å². The standard InChI is InChI=1S/C12H16ClN3O2/c1-7(9-4-3-5-10(13)6-9)15-8(2)11(17)16-12(14)18/h3-8,15H,1-2H3,(H3,14,16,17,18)/p+1/t7-,8+/m1/s1. The highest BCUT2D eigenvalue weighted by Gasteiger charge is 2.21. The SMILES string of the molecule is C[C@H]([NH2+][C@H](C)c1cccc(Cl)c1)C(=O)NC(N)=O. The van der Waals surface area contributed by atoms with E-state index in [0.29, 0.717) is 5.02 Å². The first kappa shape index (κ1) is 14.5. The van der Waals surface area contributed by atoms with Crippen LogP contribution < -0.4 is 16.4 Å². The van der Waals surface area contributed by atoms with Crippen molar-refractivity contribution >= 4 is 23.5 Å². The summed E-state index contributed by atoms with van der Waals surface area (Å²) < 4.78 is 0. The molecule has 1 aromatic rings. The molecule has 5 N–H and O–H groups in total. The van der Waals surface area contributed by atoms with E-state index < -0.39 is 18.0 Å². The number of amides is 3. The molecule has 1 rings (SSSR count). The second-order valence-corrected chi connectivity index (χ2v) is 4.61. The molecule has 0 unspecified atom stereocenters. The van der Waals surface area contributed by atoms with Crippen LogP contribution in [0.1, 0.15) is 25.5 Å². The highest BCUT2D eigenvalue weighted by Crippen LogP contribution is 2.14. The van der Waals surface area contributed by atoms with Gasteiger partial charge in [-0.05, 0) is 26.0 Å². The molecule has 3 amide bonds. The van der Waals surface area contributed by atoms with Gasteiger partial charge < -0.3 is 11.1 Å². The molecule has 0 aliphatic rings. The first-order valence-electron chi connectivity index (χ1n) is 5.61. The summed E-state index contributed by atoms with van der Waals surface area (Å²) in [4.78, 5) is 22.1. The van der Waals surface area contributed by atoms with Gasteiger partial charge in [-0.2, -0.15) is 0 Å². The van der Waals surface area contributed by atoms with E-state index in [4.69, 9.17) is 17.3 Å². The number of imide groups is 1. The Balaban J connectivity index is 2.61. The highest BCUT2D eigenvalue weighted by molar-refractivity contribution is 6.30. The fourth-order valence-corrected chi connectivity index (χ4v) is 1.86. The van der Waals surface area contributed by atoms with Crippen LogP contribution in [0.3, 0.4) is 0 Å². The van der Waals surface area contributed by atoms with Gasteiger partial charge in [0.25, 0.3) is 5.91 Å². The first-order valence-corrected chi connectivity index (χ1v) is 5.98. The summed E-state index contributed by atoms with van der Waals surface area (Å²) in [6, 6.07) is 6.24. The molecule has 98 valence electrons. The molecule has 2 atom stereocenters. The van der Waals surface area contributed by atoms with Gasteiger partial charge in [0.15, 0.2) is 6.04 Å². The fraction of sp³-hybridized carbons (Fsp3) is 0.333. The number of hydrogen-bond donors (Lipinski definition) is 3. The number of halogens is 1. The van der Waals surface area contributed by atoms with E-state index >= 15 is 0 Å². The number of nitrogens with one attached hydrogen (secondary N) is 1. The molecule has 1 aromatic carbocycles. The highest BCUT2D eigenvalue weighted by atomic mass is 35.5. The van der Waals surface area contributed by atoms with E-state index in [-0.39, 0.29) is 6.04 Å². The molecule has 0 aromatic heterocycles. The van der Waals surface area contributed by atoms with Crippen LogP contribution in [-0.2, 0) is 4.79 Å². The van der Waals surface area contributed by atoms with E-state index in [0.717, 1.165) is 5.56 Å². The predicted octanol–water partition coefficient (Wildman–Crippen LogP) is 0.548. The van der Waals surface area contributed by atoms with Crippen LogP contribution in [0, 0.1) is 0 Å². The molecule has 0 saturated carbocycles. The van der Waals surface area contributed by atoms with Gasteiger partial charge in [-0.3, -0.25) is 10.1 Å². The molecule has 0 spiro atoms. The largest absolute Gasteiger partial charge is 0.351 e. The average molecular weight is 271 g/mol. The molecule has 0 fully saturated rings. The number of quaternary nitrogens is 1. The molecule has 0 saturated heterocycles. The molecule has 18 heavy (non-hydrogen) atoms. The van der Waals surface area contributed by atoms with Gasteiger partial charge in [-0.15, -0.1) is 0 Å². The third-order valence-electron chi connectivity index (χ3n) is 2.61. The zero-order valence-electron chi connectivity index (χ0n) is 10.3. The molecular formula is C12H17ClN3O2+. The molecule has 0 heterocycles. The number of carbonyl (C=O) groups is 2. The second kappa shape index (κ2) is 6.37. The van der Waals surface area contributed by atoms with Crippen LogP contribution in [0.5, 0.6) is 0 Å². The Kier molecular flexibility index (Phi) is 5.12. The van der Waals surface area contributed by atoms with Gasteiger partial charge in [0, 0.05) is 10.6 Å². The Labute approximate surface area is 111 Å². The molecule has 0 aliphatic carbocycles. The summed E-state index contributed by atoms with van der Waals surface area (Å²) in [5.41, 5.74) is 5.91. The van der Waals surface area contributed by atoms with E-state index in [1.54, 1.807) is 13.0 Å². The summed E-state index contributed by atoms with van der Waals surface area (Å²) in [5, 5.41) is 4.55. The second-order valence-electron chi connectivity index (χ2n) is 4.18. The fourth-order valence-electron chi connectivity index (χ4n) is 1.66. The quantitative estimate of drug-likeness (QED) is 0.746. The molecule has 6 heteroatoms. The van der Waals surface area contributed by atoms with Crippen molar-refractivity contribution in [2.45, 2.75) is 25.9 Å². The molecule has 5 nitrogen and oxygen atoms in total. The van der Waals surface area contributed by atoms with Crippen molar-refractivity contribution < 1.29 is 14.9 Å². The van der Waals surface area contributed by atoms with E-state index in [2.05, 4.69) is 5.32 Å². The third-order valence-corrected chi connectivity index (χ3v) is 2.85. The van der Waals surface area contributed by atoms with Crippen molar-refractivity contribution in [2.24, 2.45) is 5.73 Å². The van der Waals surface area contributed by atoms with Gasteiger partial charge >= 0.3 is 6.03 Å². The van der Waals surface area contributed by atoms with E-state index in [1.807, 2.05) is 30.4 Å². The molecule has 0 radical (unpaired) electrons. The summed E-state index contributed by atoms with van der Waals surface area (Å²) in [6.07, 6.45) is 0. The van der Waals surface area contributed by atoms with Crippen molar-refractivity contribution in [2.75, 3.05) is 0 Å². The Hall–Kier alpha value is -1.59. The Morgan fingerprint density at radius 2 is 2.06 bits per heavy atom. The topological polar surface area (TPSA) is 88.8 Å². The van der Waals surface area contributed by atoms with Crippen LogP contribution in [-0.4, -0.2) is 18.0 Å². The Morgan fingerprint density at radius 1 is 1.39 bits per heavy atom. The van der Waals surface area contributed by atoms with Crippen LogP contribution >= 0.6 is 11.6 Å². The van der Waals surface area contributed by atoms with Gasteiger partial charge in [0.05, 0.1) is 0 Å². The number of hydrogen-bond acceptors (Lipinski definition) is 2. The lowest BCUT2D eigenvalue weighted by atomic mass is 10.1. The lowest BCUT2D eigenvalue weighted by Crippen LogP contribution is -2.92. The van der Waals surface area contributed by atoms with Crippen LogP contribution in [0.15, 0.2) is 24.3 Å². The van der Waals surface area contributed by atoms with Gasteiger partial charge in [0.2, 0.25) is 0 Å². The number of urea groups is 1. The summed E-state index contributed by atoms with van der Waals surface area (Å²) in [5.74, 6) is -0.406. The maximum atomic E-state index is 11.5. The maximum absolute atomic E-state index is 11.5. The first-order chi connectivity index (χ1) is 8.40. The number of nitrogens with two attached hydrogens (primary N) is 2. The van der Waals surface area contributed by atoms with Crippen LogP contribution in [0.4, 0.5) is 4.79 Å². The van der Waals surface area contributed by atoms with Crippen molar-refractivity contribution in [1.29, 1.82) is 0 Å². The number of carbonyl (C=O) groups excluding carboxylic acids is 2. The summed E-state index contributed by atoms with van der Waals surface area (Å²) in [6.45, 7) is 3.67. The number of primary amides is 1. The summed E-state index contributed by atoms with van der Waals surface area (Å²) >= 11 is 5.90. The van der Waals surface area contributed by atoms with E-state index in [1.165, 1.54) is 0 Å². The zero-order valence-corrected chi connectivity index (χ0v) is 11.1. The van der Waals surface area contributed by atoms with Crippen molar-refractivity contribution in [3.8, 4) is 0 Å². The normalized spacial score (nSPS) is 13.7. The maximum Gasteiger partial charge on any atom is 0.319 e. The number of benzene rings is 1. The molecule has 0 aliphatic heterocycles. The lowest BCUT2D eigenvalue weighted by molar-refractivity contribution is -0.710. The van der Waals surface area contributed by atoms with Crippen molar-refractivity contribution in [3.63, 3.8) is 0 Å². The minimum atomic E-state index is -0.837. The Morgan fingerprint density at radius 3 is 2.61 bits per heavy atom. The minimum absolute atomic E-state index is 0.0531. The monoisotopic (exact) mass is 270 g/mol. The number of rotatable bonds is 4. The van der Waals surface area contributed by atoms with Crippen molar-refractivity contribution in [1.82, 2.24) is 5.32 Å².